The van der Waals surface area contributed by atoms with Crippen molar-refractivity contribution < 1.29 is 14.3 Å². The molecular formula is C15H10Cl3FN2O2. The van der Waals surface area contributed by atoms with E-state index in [0.29, 0.717) is 16.3 Å². The number of hydrogen-bond donors (Lipinski definition) is 3. The van der Waals surface area contributed by atoms with Crippen molar-refractivity contribution in [2.45, 2.75) is 6.54 Å². The molecule has 0 amide bonds. The first-order valence-electron chi connectivity index (χ1n) is 6.28. The number of carboxylic acids is 1. The van der Waals surface area contributed by atoms with Gasteiger partial charge in [-0.3, -0.25) is 0 Å². The van der Waals surface area contributed by atoms with Gasteiger partial charge in [-0.15, -0.1) is 0 Å². The van der Waals surface area contributed by atoms with Crippen molar-refractivity contribution in [2.24, 2.45) is 0 Å². The molecule has 0 spiro atoms. The number of carboxylic acid groups (broad SMARTS) is 1. The van der Waals surface area contributed by atoms with Crippen LogP contribution >= 0.6 is 34.8 Å². The molecule has 0 unspecified atom stereocenters. The summed E-state index contributed by atoms with van der Waals surface area (Å²) in [6.45, 7) is 0.239. The standard InChI is InChI=1S/C15H10Cl3FN2O2/c16-10-2-1-7(3-11(10)17)6-21-14-9(5-20)13(19)8(15(22)23)4-12(14)18/h1-5,20-21H,6H2,(H,22,23). The minimum atomic E-state index is -1.46. The van der Waals surface area contributed by atoms with Crippen LogP contribution in [-0.2, 0) is 6.54 Å². The summed E-state index contributed by atoms with van der Waals surface area (Å²) < 4.78 is 14.1. The van der Waals surface area contributed by atoms with E-state index in [2.05, 4.69) is 5.32 Å². The Morgan fingerprint density at radius 1 is 1.22 bits per heavy atom. The zero-order chi connectivity index (χ0) is 17.1. The van der Waals surface area contributed by atoms with Gasteiger partial charge in [0.1, 0.15) is 5.82 Å². The number of benzene rings is 2. The lowest BCUT2D eigenvalue weighted by Gasteiger charge is -2.14. The predicted molar refractivity (Wildman–Crippen MR) is 90.0 cm³/mol. The minimum absolute atomic E-state index is 0.00219. The lowest BCUT2D eigenvalue weighted by atomic mass is 10.1. The lowest BCUT2D eigenvalue weighted by molar-refractivity contribution is 0.0692. The average molecular weight is 376 g/mol. The highest BCUT2D eigenvalue weighted by molar-refractivity contribution is 6.42. The molecular weight excluding hydrogens is 366 g/mol. The number of anilines is 1. The quantitative estimate of drug-likeness (QED) is 0.637. The number of rotatable bonds is 5. The van der Waals surface area contributed by atoms with Crippen LogP contribution in [0.5, 0.6) is 0 Å². The highest BCUT2D eigenvalue weighted by atomic mass is 35.5. The second-order valence-electron chi connectivity index (χ2n) is 4.56. The molecule has 0 radical (unpaired) electrons. The molecule has 0 saturated heterocycles. The summed E-state index contributed by atoms with van der Waals surface area (Å²) in [6, 6.07) is 5.98. The fraction of sp³-hybridized carbons (Fsp3) is 0.0667. The highest BCUT2D eigenvalue weighted by Crippen LogP contribution is 2.31. The van der Waals surface area contributed by atoms with Crippen molar-refractivity contribution in [1.82, 2.24) is 0 Å². The van der Waals surface area contributed by atoms with Crippen molar-refractivity contribution in [1.29, 1.82) is 5.41 Å². The summed E-state index contributed by atoms with van der Waals surface area (Å²) in [7, 11) is 0. The van der Waals surface area contributed by atoms with Crippen LogP contribution in [0.15, 0.2) is 24.3 Å². The van der Waals surface area contributed by atoms with Crippen LogP contribution < -0.4 is 5.32 Å². The molecule has 0 aromatic heterocycles. The average Bonchev–Trinajstić information content (AvgIpc) is 2.50. The normalized spacial score (nSPS) is 10.4. The smallest absolute Gasteiger partial charge is 0.338 e. The van der Waals surface area contributed by atoms with E-state index >= 15 is 0 Å². The summed E-state index contributed by atoms with van der Waals surface area (Å²) in [5.74, 6) is -2.47. The maximum absolute atomic E-state index is 14.1. The van der Waals surface area contributed by atoms with Crippen molar-refractivity contribution >= 4 is 52.7 Å². The molecule has 2 rings (SSSR count). The van der Waals surface area contributed by atoms with Gasteiger partial charge in [-0.1, -0.05) is 40.9 Å². The van der Waals surface area contributed by atoms with Gasteiger partial charge in [-0.05, 0) is 23.8 Å². The molecule has 2 aromatic rings. The van der Waals surface area contributed by atoms with Gasteiger partial charge in [0.2, 0.25) is 0 Å². The van der Waals surface area contributed by atoms with Gasteiger partial charge in [0.15, 0.2) is 0 Å². The topological polar surface area (TPSA) is 73.2 Å². The summed E-state index contributed by atoms with van der Waals surface area (Å²) in [5.41, 5.74) is 0.0768. The first-order valence-corrected chi connectivity index (χ1v) is 7.42. The van der Waals surface area contributed by atoms with Gasteiger partial charge in [-0.2, -0.15) is 0 Å². The van der Waals surface area contributed by atoms with Gasteiger partial charge >= 0.3 is 5.97 Å². The molecule has 0 aliphatic heterocycles. The zero-order valence-corrected chi connectivity index (χ0v) is 13.7. The number of aromatic carboxylic acids is 1. The molecule has 0 saturated carbocycles. The third-order valence-corrected chi connectivity index (χ3v) is 4.12. The van der Waals surface area contributed by atoms with Crippen LogP contribution in [0.4, 0.5) is 10.1 Å². The van der Waals surface area contributed by atoms with Crippen molar-refractivity contribution in [3.8, 4) is 0 Å². The molecule has 0 heterocycles. The Balaban J connectivity index is 2.36. The number of nitrogens with one attached hydrogen (secondary N) is 2. The Morgan fingerprint density at radius 3 is 2.48 bits per heavy atom. The summed E-state index contributed by atoms with van der Waals surface area (Å²) in [4.78, 5) is 11.0. The van der Waals surface area contributed by atoms with E-state index in [-0.39, 0.29) is 22.8 Å². The van der Waals surface area contributed by atoms with E-state index in [9.17, 15) is 9.18 Å². The van der Waals surface area contributed by atoms with Crippen LogP contribution in [0, 0.1) is 11.2 Å². The monoisotopic (exact) mass is 374 g/mol. The maximum Gasteiger partial charge on any atom is 0.338 e. The Kier molecular flexibility index (Phi) is 5.46. The lowest BCUT2D eigenvalue weighted by Crippen LogP contribution is -2.09. The molecule has 23 heavy (non-hydrogen) atoms. The first kappa shape index (κ1) is 17.5. The van der Waals surface area contributed by atoms with Crippen LogP contribution in [-0.4, -0.2) is 17.3 Å². The second-order valence-corrected chi connectivity index (χ2v) is 5.78. The van der Waals surface area contributed by atoms with Crippen LogP contribution in [0.1, 0.15) is 21.5 Å². The highest BCUT2D eigenvalue weighted by Gasteiger charge is 2.20. The van der Waals surface area contributed by atoms with Gasteiger partial charge in [-0.25, -0.2) is 9.18 Å². The van der Waals surface area contributed by atoms with E-state index in [4.69, 9.17) is 45.3 Å². The van der Waals surface area contributed by atoms with Gasteiger partial charge in [0, 0.05) is 12.8 Å². The van der Waals surface area contributed by atoms with E-state index in [1.165, 1.54) is 0 Å². The van der Waals surface area contributed by atoms with Gasteiger partial charge in [0.05, 0.1) is 31.9 Å². The number of carbonyl (C=O) groups is 1. The largest absolute Gasteiger partial charge is 0.478 e. The SMILES string of the molecule is N=Cc1c(F)c(C(=O)O)cc(Cl)c1NCc1ccc(Cl)c(Cl)c1. The van der Waals surface area contributed by atoms with Crippen molar-refractivity contribution in [3.05, 3.63) is 61.8 Å². The number of hydrogen-bond acceptors (Lipinski definition) is 3. The van der Waals surface area contributed by atoms with Crippen molar-refractivity contribution in [3.63, 3.8) is 0 Å². The third kappa shape index (κ3) is 3.75. The Hall–Kier alpha value is -1.82. The van der Waals surface area contributed by atoms with Crippen molar-refractivity contribution in [2.75, 3.05) is 5.32 Å². The molecule has 8 heteroatoms. The second kappa shape index (κ2) is 7.17. The fourth-order valence-corrected chi connectivity index (χ4v) is 2.56. The first-order chi connectivity index (χ1) is 10.8. The molecule has 0 aliphatic rings. The predicted octanol–water partition coefficient (Wildman–Crippen LogP) is 5.09. The Bertz CT molecular complexity index is 797. The van der Waals surface area contributed by atoms with E-state index < -0.39 is 17.3 Å². The molecule has 0 fully saturated rings. The Morgan fingerprint density at radius 2 is 1.91 bits per heavy atom. The molecule has 120 valence electrons. The molecule has 3 N–H and O–H groups in total. The van der Waals surface area contributed by atoms with E-state index in [1.54, 1.807) is 18.2 Å². The molecule has 4 nitrogen and oxygen atoms in total. The zero-order valence-electron chi connectivity index (χ0n) is 11.5. The number of halogens is 4. The maximum atomic E-state index is 14.1. The van der Waals surface area contributed by atoms with Gasteiger partial charge in [0.25, 0.3) is 0 Å². The molecule has 0 bridgehead atoms. The summed E-state index contributed by atoms with van der Waals surface area (Å²) in [6.07, 6.45) is 0.713. The fourth-order valence-electron chi connectivity index (χ4n) is 1.96. The summed E-state index contributed by atoms with van der Waals surface area (Å²) >= 11 is 17.8. The van der Waals surface area contributed by atoms with E-state index in [0.717, 1.165) is 11.6 Å². The van der Waals surface area contributed by atoms with E-state index in [1.807, 2.05) is 0 Å². The molecule has 2 aromatic carbocycles. The molecule has 0 aliphatic carbocycles. The molecule has 0 atom stereocenters. The Labute approximate surface area is 146 Å². The van der Waals surface area contributed by atoms with Crippen LogP contribution in [0.25, 0.3) is 0 Å². The third-order valence-electron chi connectivity index (χ3n) is 3.08. The minimum Gasteiger partial charge on any atom is -0.478 e. The van der Waals surface area contributed by atoms with Gasteiger partial charge < -0.3 is 15.8 Å². The van der Waals surface area contributed by atoms with Crippen LogP contribution in [0.2, 0.25) is 15.1 Å². The van der Waals surface area contributed by atoms with Crippen LogP contribution in [0.3, 0.4) is 0 Å². The summed E-state index contributed by atoms with van der Waals surface area (Å²) in [5, 5.41) is 19.9.